The van der Waals surface area contributed by atoms with Gasteiger partial charge in [-0.3, -0.25) is 0 Å². The number of ether oxygens (including phenoxy) is 1. The molecule has 0 aliphatic heterocycles. The zero-order chi connectivity index (χ0) is 13.2. The highest BCUT2D eigenvalue weighted by molar-refractivity contribution is 7.89. The molecule has 0 saturated heterocycles. The van der Waals surface area contributed by atoms with Crippen LogP contribution in [0.2, 0.25) is 0 Å². The van der Waals surface area contributed by atoms with Crippen LogP contribution < -0.4 is 4.72 Å². The van der Waals surface area contributed by atoms with E-state index < -0.39 is 10.0 Å². The standard InChI is InChI=1S/C12H17NO4S/c1-2-17-11-6-9(7-11)13-18(15,16)12-5-3-4-10(14)8-12/h3-5,8-9,11,13-14H,2,6-7H2,1H3. The molecule has 6 heteroatoms. The molecule has 1 fully saturated rings. The van der Waals surface area contributed by atoms with E-state index in [1.54, 1.807) is 0 Å². The highest BCUT2D eigenvalue weighted by Gasteiger charge is 2.33. The molecule has 0 spiro atoms. The van der Waals surface area contributed by atoms with Gasteiger partial charge in [0, 0.05) is 12.6 Å². The van der Waals surface area contributed by atoms with Gasteiger partial charge in [0.15, 0.2) is 0 Å². The molecular weight excluding hydrogens is 254 g/mol. The molecule has 0 unspecified atom stereocenters. The van der Waals surface area contributed by atoms with E-state index >= 15 is 0 Å². The second-order valence-electron chi connectivity index (χ2n) is 4.36. The maximum absolute atomic E-state index is 12.0. The summed E-state index contributed by atoms with van der Waals surface area (Å²) in [4.78, 5) is 0.0855. The average molecular weight is 271 g/mol. The highest BCUT2D eigenvalue weighted by Crippen LogP contribution is 2.25. The normalized spacial score (nSPS) is 23.6. The van der Waals surface area contributed by atoms with Gasteiger partial charge in [0.1, 0.15) is 5.75 Å². The van der Waals surface area contributed by atoms with Gasteiger partial charge in [0.05, 0.1) is 11.0 Å². The number of phenols is 1. The smallest absolute Gasteiger partial charge is 0.240 e. The minimum absolute atomic E-state index is 0.0568. The molecule has 1 aromatic carbocycles. The maximum Gasteiger partial charge on any atom is 0.240 e. The molecule has 5 nitrogen and oxygen atoms in total. The van der Waals surface area contributed by atoms with Gasteiger partial charge in [-0.05, 0) is 38.0 Å². The van der Waals surface area contributed by atoms with Crippen molar-refractivity contribution in [3.05, 3.63) is 24.3 Å². The molecular formula is C12H17NO4S. The third-order valence-electron chi connectivity index (χ3n) is 2.95. The number of rotatable bonds is 5. The molecule has 18 heavy (non-hydrogen) atoms. The first-order valence-corrected chi connectivity index (χ1v) is 7.42. The first kappa shape index (κ1) is 13.3. The van der Waals surface area contributed by atoms with Crippen molar-refractivity contribution in [3.8, 4) is 5.75 Å². The van der Waals surface area contributed by atoms with E-state index in [0.717, 1.165) is 0 Å². The first-order chi connectivity index (χ1) is 8.51. The molecule has 1 aliphatic carbocycles. The van der Waals surface area contributed by atoms with Crippen LogP contribution in [0.15, 0.2) is 29.2 Å². The van der Waals surface area contributed by atoms with Crippen LogP contribution in [-0.2, 0) is 14.8 Å². The summed E-state index contributed by atoms with van der Waals surface area (Å²) in [5.74, 6) is -0.0568. The van der Waals surface area contributed by atoms with Gasteiger partial charge in [-0.25, -0.2) is 13.1 Å². The summed E-state index contributed by atoms with van der Waals surface area (Å²) in [6.07, 6.45) is 1.56. The molecule has 100 valence electrons. The largest absolute Gasteiger partial charge is 0.508 e. The summed E-state index contributed by atoms with van der Waals surface area (Å²) in [6, 6.07) is 5.57. The SMILES string of the molecule is CCOC1CC(NS(=O)(=O)c2cccc(O)c2)C1. The molecule has 2 N–H and O–H groups in total. The summed E-state index contributed by atoms with van der Waals surface area (Å²) in [6.45, 7) is 2.57. The fourth-order valence-electron chi connectivity index (χ4n) is 1.97. The zero-order valence-electron chi connectivity index (χ0n) is 10.2. The van der Waals surface area contributed by atoms with Crippen molar-refractivity contribution in [1.82, 2.24) is 4.72 Å². The summed E-state index contributed by atoms with van der Waals surface area (Å²) in [5.41, 5.74) is 0. The molecule has 0 bridgehead atoms. The number of benzene rings is 1. The fraction of sp³-hybridized carbons (Fsp3) is 0.500. The van der Waals surface area contributed by atoms with Gasteiger partial charge >= 0.3 is 0 Å². The Morgan fingerprint density at radius 2 is 2.17 bits per heavy atom. The second kappa shape index (κ2) is 5.26. The van der Waals surface area contributed by atoms with Crippen LogP contribution in [-0.4, -0.2) is 32.3 Å². The monoisotopic (exact) mass is 271 g/mol. The van der Waals surface area contributed by atoms with E-state index in [2.05, 4.69) is 4.72 Å². The van der Waals surface area contributed by atoms with Crippen molar-refractivity contribution in [3.63, 3.8) is 0 Å². The Balaban J connectivity index is 1.97. The molecule has 0 radical (unpaired) electrons. The molecule has 1 aliphatic rings. The number of hydrogen-bond donors (Lipinski definition) is 2. The van der Waals surface area contributed by atoms with Crippen LogP contribution in [0.3, 0.4) is 0 Å². The molecule has 0 heterocycles. The molecule has 0 atom stereocenters. The lowest BCUT2D eigenvalue weighted by Gasteiger charge is -2.35. The topological polar surface area (TPSA) is 75.6 Å². The van der Waals surface area contributed by atoms with E-state index in [1.807, 2.05) is 6.92 Å². The lowest BCUT2D eigenvalue weighted by Crippen LogP contribution is -2.47. The van der Waals surface area contributed by atoms with E-state index in [-0.39, 0.29) is 22.8 Å². The summed E-state index contributed by atoms with van der Waals surface area (Å²) in [5, 5.41) is 9.28. The Hall–Kier alpha value is -1.11. The van der Waals surface area contributed by atoms with Crippen molar-refractivity contribution < 1.29 is 18.3 Å². The van der Waals surface area contributed by atoms with E-state index in [4.69, 9.17) is 4.74 Å². The number of phenolic OH excluding ortho intramolecular Hbond substituents is 1. The predicted molar refractivity (Wildman–Crippen MR) is 66.9 cm³/mol. The van der Waals surface area contributed by atoms with Crippen LogP contribution in [0.25, 0.3) is 0 Å². The number of sulfonamides is 1. The quantitative estimate of drug-likeness (QED) is 0.844. The summed E-state index contributed by atoms with van der Waals surface area (Å²) < 4.78 is 32.0. The molecule has 1 aromatic rings. The second-order valence-corrected chi connectivity index (χ2v) is 6.08. The first-order valence-electron chi connectivity index (χ1n) is 5.94. The Morgan fingerprint density at radius 1 is 1.44 bits per heavy atom. The van der Waals surface area contributed by atoms with Crippen LogP contribution in [0.4, 0.5) is 0 Å². The van der Waals surface area contributed by atoms with Crippen LogP contribution in [0.5, 0.6) is 5.75 Å². The van der Waals surface area contributed by atoms with E-state index in [0.29, 0.717) is 19.4 Å². The van der Waals surface area contributed by atoms with Crippen molar-refractivity contribution >= 4 is 10.0 Å². The van der Waals surface area contributed by atoms with Crippen molar-refractivity contribution in [1.29, 1.82) is 0 Å². The Morgan fingerprint density at radius 3 is 2.78 bits per heavy atom. The summed E-state index contributed by atoms with van der Waals surface area (Å²) in [7, 11) is -3.55. The predicted octanol–water partition coefficient (Wildman–Crippen LogP) is 1.24. The van der Waals surface area contributed by atoms with Crippen LogP contribution in [0.1, 0.15) is 19.8 Å². The molecule has 0 amide bonds. The Labute approximate surface area is 107 Å². The van der Waals surface area contributed by atoms with Gasteiger partial charge in [-0.15, -0.1) is 0 Å². The Kier molecular flexibility index (Phi) is 3.89. The fourth-order valence-corrected chi connectivity index (χ4v) is 3.27. The van der Waals surface area contributed by atoms with E-state index in [9.17, 15) is 13.5 Å². The number of aromatic hydroxyl groups is 1. The third-order valence-corrected chi connectivity index (χ3v) is 4.47. The average Bonchev–Trinajstić information content (AvgIpc) is 2.26. The van der Waals surface area contributed by atoms with E-state index in [1.165, 1.54) is 24.3 Å². The van der Waals surface area contributed by atoms with Gasteiger partial charge in [-0.1, -0.05) is 6.07 Å². The van der Waals surface area contributed by atoms with Crippen LogP contribution >= 0.6 is 0 Å². The minimum atomic E-state index is -3.55. The Bertz CT molecular complexity index is 509. The maximum atomic E-state index is 12.0. The molecule has 2 rings (SSSR count). The van der Waals surface area contributed by atoms with Gasteiger partial charge in [0.25, 0.3) is 0 Å². The lowest BCUT2D eigenvalue weighted by atomic mass is 9.90. The van der Waals surface area contributed by atoms with Crippen molar-refractivity contribution in [2.45, 2.75) is 36.8 Å². The van der Waals surface area contributed by atoms with Crippen LogP contribution in [0, 0.1) is 0 Å². The minimum Gasteiger partial charge on any atom is -0.508 e. The summed E-state index contributed by atoms with van der Waals surface area (Å²) >= 11 is 0. The van der Waals surface area contributed by atoms with Gasteiger partial charge in [0.2, 0.25) is 10.0 Å². The molecule has 0 aromatic heterocycles. The van der Waals surface area contributed by atoms with Crippen molar-refractivity contribution in [2.24, 2.45) is 0 Å². The molecule has 1 saturated carbocycles. The highest BCUT2D eigenvalue weighted by atomic mass is 32.2. The number of hydrogen-bond acceptors (Lipinski definition) is 4. The number of nitrogens with one attached hydrogen (secondary N) is 1. The third kappa shape index (κ3) is 3.01. The van der Waals surface area contributed by atoms with Gasteiger partial charge < -0.3 is 9.84 Å². The van der Waals surface area contributed by atoms with Gasteiger partial charge in [-0.2, -0.15) is 0 Å². The zero-order valence-corrected chi connectivity index (χ0v) is 11.0. The van der Waals surface area contributed by atoms with Crippen molar-refractivity contribution in [2.75, 3.05) is 6.61 Å². The lowest BCUT2D eigenvalue weighted by molar-refractivity contribution is -0.00476.